The number of halogens is 1. The van der Waals surface area contributed by atoms with Gasteiger partial charge in [0.25, 0.3) is 5.56 Å². The first-order valence-corrected chi connectivity index (χ1v) is 9.70. The highest BCUT2D eigenvalue weighted by Gasteiger charge is 2.06. The Kier molecular flexibility index (Phi) is 6.59. The molecule has 3 heterocycles. The van der Waals surface area contributed by atoms with Gasteiger partial charge < -0.3 is 16.3 Å². The Morgan fingerprint density at radius 2 is 2.00 bits per heavy atom. The zero-order valence-corrected chi connectivity index (χ0v) is 16.8. The number of aryl methyl sites for hydroxylation is 1. The molecule has 0 saturated carbocycles. The monoisotopic (exact) mass is 444 g/mol. The number of aromatic amines is 1. The first-order valence-electron chi connectivity index (χ1n) is 8.91. The molecule has 3 aromatic heterocycles. The van der Waals surface area contributed by atoms with Crippen LogP contribution < -0.4 is 21.3 Å². The lowest BCUT2D eigenvalue weighted by atomic mass is 10.1. The summed E-state index contributed by atoms with van der Waals surface area (Å²) < 4.78 is 1.58. The van der Waals surface area contributed by atoms with Crippen molar-refractivity contribution in [1.29, 1.82) is 0 Å². The number of nitrogens with zero attached hydrogens (tertiary/aromatic N) is 3. The summed E-state index contributed by atoms with van der Waals surface area (Å²) in [4.78, 5) is 23.6. The van der Waals surface area contributed by atoms with Crippen LogP contribution in [0.4, 0.5) is 11.6 Å². The predicted octanol–water partition coefficient (Wildman–Crippen LogP) is 2.17. The van der Waals surface area contributed by atoms with Crippen molar-refractivity contribution in [2.24, 2.45) is 0 Å². The molecule has 0 aromatic carbocycles. The van der Waals surface area contributed by atoms with Crippen molar-refractivity contribution in [2.45, 2.75) is 25.7 Å². The van der Waals surface area contributed by atoms with Crippen molar-refractivity contribution in [1.82, 2.24) is 15.0 Å². The van der Waals surface area contributed by atoms with Gasteiger partial charge in [0.2, 0.25) is 5.95 Å². The highest BCUT2D eigenvalue weighted by atomic mass is 79.9. The molecule has 0 unspecified atom stereocenters. The number of aromatic nitrogens is 4. The molecule has 0 amide bonds. The van der Waals surface area contributed by atoms with Crippen LogP contribution in [-0.4, -0.2) is 21.5 Å². The van der Waals surface area contributed by atoms with E-state index in [0.29, 0.717) is 34.9 Å². The Hall–Kier alpha value is -2.94. The van der Waals surface area contributed by atoms with Gasteiger partial charge in [-0.1, -0.05) is 0 Å². The molecule has 146 valence electrons. The number of nitrogens with one attached hydrogen (secondary N) is 2. The molecule has 0 fully saturated rings. The molecule has 9 heteroatoms. The molecule has 28 heavy (non-hydrogen) atoms. The van der Waals surface area contributed by atoms with Crippen molar-refractivity contribution in [3.05, 3.63) is 79.8 Å². The number of nitrogens with two attached hydrogens (primary N) is 1. The van der Waals surface area contributed by atoms with E-state index in [1.807, 2.05) is 6.07 Å². The van der Waals surface area contributed by atoms with Crippen LogP contribution in [0.1, 0.15) is 29.7 Å². The normalized spacial score (nSPS) is 10.8. The maximum atomic E-state index is 12.2. The topological polar surface area (TPSA) is 124 Å². The molecule has 3 aromatic rings. The summed E-state index contributed by atoms with van der Waals surface area (Å²) in [6.07, 6.45) is 9.15. The lowest BCUT2D eigenvalue weighted by Crippen LogP contribution is -2.24. The fraction of sp³-hybridized carbons (Fsp3) is 0.263. The number of anilines is 2. The number of pyridine rings is 2. The van der Waals surface area contributed by atoms with Gasteiger partial charge in [-0.05, 0) is 46.8 Å². The average molecular weight is 445 g/mol. The van der Waals surface area contributed by atoms with E-state index in [-0.39, 0.29) is 5.56 Å². The van der Waals surface area contributed by atoms with E-state index in [1.54, 1.807) is 24.5 Å². The van der Waals surface area contributed by atoms with E-state index >= 15 is 0 Å². The van der Waals surface area contributed by atoms with Crippen LogP contribution in [0.5, 0.6) is 0 Å². The Labute approximate surface area is 170 Å². The quantitative estimate of drug-likeness (QED) is 0.277. The fourth-order valence-electron chi connectivity index (χ4n) is 2.73. The summed E-state index contributed by atoms with van der Waals surface area (Å²) in [5.41, 5.74) is 8.76. The van der Waals surface area contributed by atoms with Crippen LogP contribution in [-0.2, 0) is 12.8 Å². The molecule has 4 N–H and O–H groups in total. The molecule has 0 aliphatic rings. The van der Waals surface area contributed by atoms with Gasteiger partial charge in [0.1, 0.15) is 0 Å². The van der Waals surface area contributed by atoms with Crippen LogP contribution in [0.25, 0.3) is 0 Å². The summed E-state index contributed by atoms with van der Waals surface area (Å²) in [6.45, 7) is 0.681. The zero-order valence-electron chi connectivity index (χ0n) is 15.2. The van der Waals surface area contributed by atoms with Gasteiger partial charge in [0, 0.05) is 47.5 Å². The standard InChI is InChI=1S/C19H21BrN6O2/c20-15-10-16(21)17(23-12-15)3-1-2-6-22-19-24-11-14(18(27)25-19)9-13-4-7-26(28)8-5-13/h4-5,7-8,10-12H,1-3,6,9,21H2,(H2,22,24,25,27). The number of unbranched alkanes of at least 4 members (excludes halogenated alkanes) is 1. The Balaban J connectivity index is 1.46. The maximum Gasteiger partial charge on any atom is 0.255 e. The number of hydrogen-bond donors (Lipinski definition) is 3. The van der Waals surface area contributed by atoms with Crippen LogP contribution >= 0.6 is 15.9 Å². The molecule has 0 radical (unpaired) electrons. The first-order chi connectivity index (χ1) is 13.5. The van der Waals surface area contributed by atoms with Crippen molar-refractivity contribution >= 4 is 27.6 Å². The summed E-state index contributed by atoms with van der Waals surface area (Å²) in [5.74, 6) is 0.445. The van der Waals surface area contributed by atoms with Crippen molar-refractivity contribution in [3.8, 4) is 0 Å². The zero-order chi connectivity index (χ0) is 19.9. The van der Waals surface area contributed by atoms with Gasteiger partial charge in [0.15, 0.2) is 12.4 Å². The molecule has 8 nitrogen and oxygen atoms in total. The van der Waals surface area contributed by atoms with Crippen molar-refractivity contribution in [2.75, 3.05) is 17.6 Å². The van der Waals surface area contributed by atoms with Crippen LogP contribution in [0, 0.1) is 5.21 Å². The molecule has 0 saturated heterocycles. The predicted molar refractivity (Wildman–Crippen MR) is 111 cm³/mol. The fourth-order valence-corrected chi connectivity index (χ4v) is 3.08. The van der Waals surface area contributed by atoms with E-state index in [1.165, 1.54) is 12.4 Å². The van der Waals surface area contributed by atoms with E-state index in [0.717, 1.165) is 35.0 Å². The number of H-pyrrole nitrogens is 1. The molecule has 0 atom stereocenters. The van der Waals surface area contributed by atoms with Crippen LogP contribution in [0.3, 0.4) is 0 Å². The van der Waals surface area contributed by atoms with Crippen molar-refractivity contribution in [3.63, 3.8) is 0 Å². The minimum atomic E-state index is -0.191. The summed E-state index contributed by atoms with van der Waals surface area (Å²) >= 11 is 3.35. The maximum absolute atomic E-state index is 12.2. The van der Waals surface area contributed by atoms with E-state index in [2.05, 4.69) is 36.2 Å². The lowest BCUT2D eigenvalue weighted by molar-refractivity contribution is -0.605. The Morgan fingerprint density at radius 1 is 1.21 bits per heavy atom. The van der Waals surface area contributed by atoms with Crippen molar-refractivity contribution < 1.29 is 4.73 Å². The van der Waals surface area contributed by atoms with Gasteiger partial charge in [-0.25, -0.2) is 4.98 Å². The smallest absolute Gasteiger partial charge is 0.255 e. The first kappa shape index (κ1) is 19.8. The summed E-state index contributed by atoms with van der Waals surface area (Å²) in [6, 6.07) is 5.22. The minimum absolute atomic E-state index is 0.191. The highest BCUT2D eigenvalue weighted by molar-refractivity contribution is 9.10. The molecule has 0 aliphatic heterocycles. The SMILES string of the molecule is Nc1cc(Br)cnc1CCCCNc1ncc(Cc2cc[n+]([O-])cc2)c(=O)[nH]1. The van der Waals surface area contributed by atoms with E-state index in [4.69, 9.17) is 5.73 Å². The minimum Gasteiger partial charge on any atom is -0.619 e. The number of rotatable bonds is 8. The molecular weight excluding hydrogens is 424 g/mol. The lowest BCUT2D eigenvalue weighted by Gasteiger charge is -2.07. The third kappa shape index (κ3) is 5.53. The molecule has 0 aliphatic carbocycles. The molecule has 0 bridgehead atoms. The highest BCUT2D eigenvalue weighted by Crippen LogP contribution is 2.17. The third-order valence-corrected chi connectivity index (χ3v) is 4.68. The largest absolute Gasteiger partial charge is 0.619 e. The van der Waals surface area contributed by atoms with Crippen LogP contribution in [0.15, 0.2) is 52.3 Å². The van der Waals surface area contributed by atoms with Crippen LogP contribution in [0.2, 0.25) is 0 Å². The average Bonchev–Trinajstić information content (AvgIpc) is 2.67. The van der Waals surface area contributed by atoms with Gasteiger partial charge in [-0.15, -0.1) is 0 Å². The van der Waals surface area contributed by atoms with E-state index < -0.39 is 0 Å². The molecule has 3 rings (SSSR count). The third-order valence-electron chi connectivity index (χ3n) is 4.24. The Bertz CT molecular complexity index is 990. The Morgan fingerprint density at radius 3 is 2.71 bits per heavy atom. The van der Waals surface area contributed by atoms with Gasteiger partial charge in [-0.3, -0.25) is 14.8 Å². The van der Waals surface area contributed by atoms with Gasteiger partial charge in [0.05, 0.1) is 11.4 Å². The molecule has 0 spiro atoms. The van der Waals surface area contributed by atoms with Gasteiger partial charge in [-0.2, -0.15) is 4.73 Å². The van der Waals surface area contributed by atoms with E-state index in [9.17, 15) is 10.0 Å². The second kappa shape index (κ2) is 9.32. The summed E-state index contributed by atoms with van der Waals surface area (Å²) in [5, 5.41) is 14.2. The number of hydrogen-bond acceptors (Lipinski definition) is 6. The summed E-state index contributed by atoms with van der Waals surface area (Å²) in [7, 11) is 0. The second-order valence-corrected chi connectivity index (χ2v) is 7.32. The van der Waals surface area contributed by atoms with Gasteiger partial charge >= 0.3 is 0 Å². The second-order valence-electron chi connectivity index (χ2n) is 6.40. The molecular formula is C19H21BrN6O2. The number of nitrogen functional groups attached to an aromatic ring is 1.